The lowest BCUT2D eigenvalue weighted by molar-refractivity contribution is -0.131. The standard InChI is InChI=1S/C23H20N4O2/c1-4-16-8-7-9-17(12-16)26-13-20(29-15(3)28)21-22(26)24-14(2)27-19-11-6-5-10-18(19)25-23(21)27/h5-13H,4H2,1-3H3. The first kappa shape index (κ1) is 17.4. The van der Waals surface area contributed by atoms with Gasteiger partial charge in [-0.25, -0.2) is 9.97 Å². The van der Waals surface area contributed by atoms with Crippen molar-refractivity contribution in [3.63, 3.8) is 0 Å². The molecule has 0 spiro atoms. The van der Waals surface area contributed by atoms with Crippen molar-refractivity contribution >= 4 is 33.7 Å². The van der Waals surface area contributed by atoms with Crippen molar-refractivity contribution < 1.29 is 9.53 Å². The predicted molar refractivity (Wildman–Crippen MR) is 113 cm³/mol. The van der Waals surface area contributed by atoms with Crippen LogP contribution >= 0.6 is 0 Å². The van der Waals surface area contributed by atoms with Gasteiger partial charge in [-0.2, -0.15) is 0 Å². The Balaban J connectivity index is 1.92. The third-order valence-electron chi connectivity index (χ3n) is 5.17. The van der Waals surface area contributed by atoms with Gasteiger partial charge in [-0.05, 0) is 43.2 Å². The molecule has 0 bridgehead atoms. The number of imidazole rings is 1. The first-order chi connectivity index (χ1) is 14.1. The maximum atomic E-state index is 11.8. The lowest BCUT2D eigenvalue weighted by Gasteiger charge is -2.08. The van der Waals surface area contributed by atoms with Crippen LogP contribution in [-0.4, -0.2) is 24.9 Å². The highest BCUT2D eigenvalue weighted by molar-refractivity contribution is 6.01. The molecular formula is C23H20N4O2. The minimum Gasteiger partial charge on any atom is -0.424 e. The fraction of sp³-hybridized carbons (Fsp3) is 0.174. The van der Waals surface area contributed by atoms with Gasteiger partial charge in [-0.15, -0.1) is 0 Å². The van der Waals surface area contributed by atoms with Crippen molar-refractivity contribution in [2.75, 3.05) is 0 Å². The molecule has 6 nitrogen and oxygen atoms in total. The van der Waals surface area contributed by atoms with Crippen LogP contribution in [-0.2, 0) is 11.2 Å². The van der Waals surface area contributed by atoms with Crippen molar-refractivity contribution in [1.82, 2.24) is 18.9 Å². The zero-order valence-corrected chi connectivity index (χ0v) is 16.5. The molecule has 0 aliphatic carbocycles. The summed E-state index contributed by atoms with van der Waals surface area (Å²) in [6.07, 6.45) is 2.76. The van der Waals surface area contributed by atoms with E-state index in [1.807, 2.05) is 58.5 Å². The van der Waals surface area contributed by atoms with E-state index in [1.54, 1.807) is 0 Å². The molecule has 0 amide bonds. The van der Waals surface area contributed by atoms with Gasteiger partial charge in [0, 0.05) is 12.6 Å². The van der Waals surface area contributed by atoms with E-state index in [4.69, 9.17) is 14.7 Å². The number of aromatic nitrogens is 4. The van der Waals surface area contributed by atoms with Crippen LogP contribution in [0.1, 0.15) is 25.2 Å². The molecule has 0 radical (unpaired) electrons. The second kappa shape index (κ2) is 6.44. The van der Waals surface area contributed by atoms with E-state index in [-0.39, 0.29) is 5.97 Å². The van der Waals surface area contributed by atoms with Crippen LogP contribution in [0.2, 0.25) is 0 Å². The average Bonchev–Trinajstić information content (AvgIpc) is 3.26. The largest absolute Gasteiger partial charge is 0.424 e. The van der Waals surface area contributed by atoms with E-state index in [9.17, 15) is 4.79 Å². The molecule has 3 heterocycles. The molecule has 3 aromatic heterocycles. The quantitative estimate of drug-likeness (QED) is 0.426. The third-order valence-corrected chi connectivity index (χ3v) is 5.17. The maximum absolute atomic E-state index is 11.8. The molecule has 0 aliphatic rings. The fourth-order valence-electron chi connectivity index (χ4n) is 3.87. The molecule has 6 heteroatoms. The number of ether oxygens (including phenoxy) is 1. The normalized spacial score (nSPS) is 11.6. The van der Waals surface area contributed by atoms with Crippen LogP contribution < -0.4 is 4.74 Å². The van der Waals surface area contributed by atoms with Gasteiger partial charge in [-0.1, -0.05) is 31.2 Å². The first-order valence-corrected chi connectivity index (χ1v) is 9.63. The van der Waals surface area contributed by atoms with E-state index >= 15 is 0 Å². The molecule has 0 unspecified atom stereocenters. The van der Waals surface area contributed by atoms with Crippen LogP contribution in [0.4, 0.5) is 0 Å². The van der Waals surface area contributed by atoms with E-state index in [0.717, 1.165) is 45.6 Å². The molecule has 5 aromatic rings. The Morgan fingerprint density at radius 3 is 2.69 bits per heavy atom. The Labute approximate surface area is 167 Å². The van der Waals surface area contributed by atoms with Crippen molar-refractivity contribution in [1.29, 1.82) is 0 Å². The highest BCUT2D eigenvalue weighted by atomic mass is 16.5. The summed E-state index contributed by atoms with van der Waals surface area (Å²) in [5.74, 6) is 0.907. The Morgan fingerprint density at radius 2 is 1.90 bits per heavy atom. The van der Waals surface area contributed by atoms with Crippen LogP contribution in [0, 0.1) is 6.92 Å². The van der Waals surface area contributed by atoms with Gasteiger partial charge < -0.3 is 4.74 Å². The van der Waals surface area contributed by atoms with Gasteiger partial charge in [0.25, 0.3) is 0 Å². The summed E-state index contributed by atoms with van der Waals surface area (Å²) in [7, 11) is 0. The van der Waals surface area contributed by atoms with E-state index in [0.29, 0.717) is 5.75 Å². The van der Waals surface area contributed by atoms with Crippen LogP contribution in [0.15, 0.2) is 54.7 Å². The Kier molecular flexibility index (Phi) is 3.87. The van der Waals surface area contributed by atoms with E-state index < -0.39 is 0 Å². The van der Waals surface area contributed by atoms with Crippen molar-refractivity contribution in [2.45, 2.75) is 27.2 Å². The SMILES string of the molecule is CCc1cccc(-n2cc(OC(C)=O)c3c2nc(C)n2c4ccccc4nc32)c1. The maximum Gasteiger partial charge on any atom is 0.308 e. The summed E-state index contributed by atoms with van der Waals surface area (Å²) in [4.78, 5) is 21.5. The van der Waals surface area contributed by atoms with Gasteiger partial charge in [0.2, 0.25) is 0 Å². The number of carbonyl (C=O) groups is 1. The van der Waals surface area contributed by atoms with Crippen LogP contribution in [0.3, 0.4) is 0 Å². The molecule has 144 valence electrons. The van der Waals surface area contributed by atoms with E-state index in [1.165, 1.54) is 12.5 Å². The summed E-state index contributed by atoms with van der Waals surface area (Å²) >= 11 is 0. The van der Waals surface area contributed by atoms with Gasteiger partial charge in [0.1, 0.15) is 11.2 Å². The Morgan fingerprint density at radius 1 is 1.07 bits per heavy atom. The molecule has 2 aromatic carbocycles. The zero-order chi connectivity index (χ0) is 20.1. The third kappa shape index (κ3) is 2.68. The molecule has 29 heavy (non-hydrogen) atoms. The molecule has 0 atom stereocenters. The Bertz CT molecular complexity index is 1410. The fourth-order valence-corrected chi connectivity index (χ4v) is 3.87. The number of carbonyl (C=O) groups excluding carboxylic acids is 1. The number of esters is 1. The molecular weight excluding hydrogens is 364 g/mol. The van der Waals surface area contributed by atoms with Crippen LogP contribution in [0.25, 0.3) is 33.4 Å². The topological polar surface area (TPSA) is 61.4 Å². The minimum atomic E-state index is -0.374. The number of benzene rings is 2. The smallest absolute Gasteiger partial charge is 0.308 e. The number of nitrogens with zero attached hydrogens (tertiary/aromatic N) is 4. The Hall–Kier alpha value is -3.67. The summed E-state index contributed by atoms with van der Waals surface area (Å²) in [6.45, 7) is 5.49. The number of aryl methyl sites for hydroxylation is 2. The molecule has 0 saturated heterocycles. The minimum absolute atomic E-state index is 0.374. The summed E-state index contributed by atoms with van der Waals surface area (Å²) < 4.78 is 9.56. The number of fused-ring (bicyclic) bond motifs is 5. The second-order valence-electron chi connectivity index (χ2n) is 7.10. The van der Waals surface area contributed by atoms with Crippen molar-refractivity contribution in [2.24, 2.45) is 0 Å². The zero-order valence-electron chi connectivity index (χ0n) is 16.5. The highest BCUT2D eigenvalue weighted by Gasteiger charge is 2.21. The highest BCUT2D eigenvalue weighted by Crippen LogP contribution is 2.35. The number of hydrogen-bond acceptors (Lipinski definition) is 4. The molecule has 0 N–H and O–H groups in total. The number of para-hydroxylation sites is 2. The van der Waals surface area contributed by atoms with Gasteiger partial charge in [0.15, 0.2) is 17.0 Å². The van der Waals surface area contributed by atoms with E-state index in [2.05, 4.69) is 19.1 Å². The lowest BCUT2D eigenvalue weighted by Crippen LogP contribution is -2.02. The lowest BCUT2D eigenvalue weighted by atomic mass is 10.1. The monoisotopic (exact) mass is 384 g/mol. The van der Waals surface area contributed by atoms with Gasteiger partial charge in [0.05, 0.1) is 17.2 Å². The predicted octanol–water partition coefficient (Wildman–Crippen LogP) is 4.62. The summed E-state index contributed by atoms with van der Waals surface area (Å²) in [5, 5.41) is 0.726. The number of hydrogen-bond donors (Lipinski definition) is 0. The number of rotatable bonds is 3. The van der Waals surface area contributed by atoms with Gasteiger partial charge in [-0.3, -0.25) is 13.8 Å². The first-order valence-electron chi connectivity index (χ1n) is 9.63. The molecule has 0 aliphatic heterocycles. The van der Waals surface area contributed by atoms with Crippen LogP contribution in [0.5, 0.6) is 5.75 Å². The average molecular weight is 384 g/mol. The van der Waals surface area contributed by atoms with Crippen molar-refractivity contribution in [3.8, 4) is 11.4 Å². The summed E-state index contributed by atoms with van der Waals surface area (Å²) in [5.41, 5.74) is 5.50. The van der Waals surface area contributed by atoms with Gasteiger partial charge >= 0.3 is 5.97 Å². The molecule has 0 fully saturated rings. The van der Waals surface area contributed by atoms with Crippen molar-refractivity contribution in [3.05, 3.63) is 66.1 Å². The second-order valence-corrected chi connectivity index (χ2v) is 7.10. The molecule has 5 rings (SSSR count). The summed E-state index contributed by atoms with van der Waals surface area (Å²) in [6, 6.07) is 16.2. The molecule has 0 saturated carbocycles.